The Morgan fingerprint density at radius 1 is 1.38 bits per heavy atom. The summed E-state index contributed by atoms with van der Waals surface area (Å²) in [4.78, 5) is 26.1. The highest BCUT2D eigenvalue weighted by atomic mass is 16.2. The number of hydrogen-bond donors (Lipinski definition) is 0. The van der Waals surface area contributed by atoms with Crippen molar-refractivity contribution in [3.63, 3.8) is 0 Å². The first-order chi connectivity index (χ1) is 6.18. The zero-order valence-electron chi connectivity index (χ0n) is 7.56. The number of fused-ring (bicyclic) bond motifs is 3. The molecule has 0 unspecified atom stereocenters. The van der Waals surface area contributed by atoms with Gasteiger partial charge in [-0.1, -0.05) is 0 Å². The molecule has 0 spiro atoms. The fourth-order valence-electron chi connectivity index (χ4n) is 2.67. The van der Waals surface area contributed by atoms with Crippen molar-refractivity contribution in [3.8, 4) is 0 Å². The maximum Gasteiger partial charge on any atom is 0.326 e. The third kappa shape index (κ3) is 0.806. The molecule has 0 aromatic rings. The number of urea groups is 1. The Hall–Kier alpha value is -1.06. The van der Waals surface area contributed by atoms with Gasteiger partial charge >= 0.3 is 6.03 Å². The number of carbonyl (C=O) groups is 2. The molecule has 3 atom stereocenters. The van der Waals surface area contributed by atoms with E-state index in [0.29, 0.717) is 18.3 Å². The van der Waals surface area contributed by atoms with Crippen molar-refractivity contribution in [2.45, 2.75) is 18.9 Å². The monoisotopic (exact) mass is 180 g/mol. The Morgan fingerprint density at radius 2 is 2.15 bits per heavy atom. The van der Waals surface area contributed by atoms with Crippen LogP contribution in [-0.2, 0) is 4.79 Å². The first-order valence-corrected chi connectivity index (χ1v) is 4.75. The van der Waals surface area contributed by atoms with Gasteiger partial charge < -0.3 is 4.90 Å². The average Bonchev–Trinajstić information content (AvgIpc) is 2.79. The molecule has 0 aromatic carbocycles. The normalized spacial score (nSPS) is 42.1. The number of piperidine rings is 1. The summed E-state index contributed by atoms with van der Waals surface area (Å²) in [5.41, 5.74) is 0. The van der Waals surface area contributed by atoms with Crippen LogP contribution < -0.4 is 0 Å². The lowest BCUT2D eigenvalue weighted by molar-refractivity contribution is -0.131. The lowest BCUT2D eigenvalue weighted by atomic mass is 10.1. The van der Waals surface area contributed by atoms with Crippen LogP contribution in [0.4, 0.5) is 4.79 Å². The molecule has 2 heterocycles. The zero-order chi connectivity index (χ0) is 9.16. The second-order valence-electron chi connectivity index (χ2n) is 4.32. The molecule has 4 nitrogen and oxygen atoms in total. The second-order valence-corrected chi connectivity index (χ2v) is 4.32. The maximum absolute atomic E-state index is 11.6. The summed E-state index contributed by atoms with van der Waals surface area (Å²) in [7, 11) is 1.57. The first kappa shape index (κ1) is 7.35. The third-order valence-electron chi connectivity index (χ3n) is 3.59. The van der Waals surface area contributed by atoms with Crippen LogP contribution >= 0.6 is 0 Å². The van der Waals surface area contributed by atoms with E-state index in [9.17, 15) is 9.59 Å². The van der Waals surface area contributed by atoms with Gasteiger partial charge in [0.1, 0.15) is 0 Å². The van der Waals surface area contributed by atoms with Crippen molar-refractivity contribution in [2.75, 3.05) is 13.6 Å². The fourth-order valence-corrected chi connectivity index (χ4v) is 2.67. The molecule has 1 saturated carbocycles. The number of amides is 3. The van der Waals surface area contributed by atoms with Crippen LogP contribution in [0.1, 0.15) is 12.8 Å². The summed E-state index contributed by atoms with van der Waals surface area (Å²) < 4.78 is 0. The van der Waals surface area contributed by atoms with Crippen molar-refractivity contribution >= 4 is 11.9 Å². The molecule has 2 saturated heterocycles. The number of nitrogens with zero attached hydrogens (tertiary/aromatic N) is 2. The smallest absolute Gasteiger partial charge is 0.320 e. The molecule has 70 valence electrons. The Morgan fingerprint density at radius 3 is 2.92 bits per heavy atom. The van der Waals surface area contributed by atoms with Gasteiger partial charge in [-0.15, -0.1) is 0 Å². The lowest BCUT2D eigenvalue weighted by Crippen LogP contribution is -2.54. The number of hydrogen-bond acceptors (Lipinski definition) is 2. The molecule has 3 fully saturated rings. The molecule has 3 rings (SSSR count). The van der Waals surface area contributed by atoms with Crippen LogP contribution in [0, 0.1) is 11.8 Å². The van der Waals surface area contributed by atoms with Crippen LogP contribution in [0.15, 0.2) is 0 Å². The fraction of sp³-hybridized carbons (Fsp3) is 0.778. The van der Waals surface area contributed by atoms with E-state index in [2.05, 4.69) is 0 Å². The van der Waals surface area contributed by atoms with Gasteiger partial charge in [-0.05, 0) is 18.3 Å². The predicted octanol–water partition coefficient (Wildman–Crippen LogP) is 0.289. The van der Waals surface area contributed by atoms with Crippen molar-refractivity contribution in [3.05, 3.63) is 0 Å². The van der Waals surface area contributed by atoms with Crippen molar-refractivity contribution < 1.29 is 9.59 Å². The highest BCUT2D eigenvalue weighted by Crippen LogP contribution is 2.51. The molecule has 13 heavy (non-hydrogen) atoms. The van der Waals surface area contributed by atoms with E-state index in [1.165, 1.54) is 11.3 Å². The Kier molecular flexibility index (Phi) is 1.16. The minimum Gasteiger partial charge on any atom is -0.320 e. The van der Waals surface area contributed by atoms with Crippen LogP contribution in [0.5, 0.6) is 0 Å². The van der Waals surface area contributed by atoms with Gasteiger partial charge in [0.2, 0.25) is 5.91 Å². The standard InChI is InChI=1S/C9H12N2O2/c1-10-8(12)3-7-6-2-5(6)4-11(7)9(10)13/h5-7H,2-4H2,1H3/t5-,6-,7-/m1/s1. The molecule has 1 aliphatic carbocycles. The highest BCUT2D eigenvalue weighted by molar-refractivity contribution is 5.97. The molecular weight excluding hydrogens is 168 g/mol. The van der Waals surface area contributed by atoms with Gasteiger partial charge in [0, 0.05) is 26.1 Å². The van der Waals surface area contributed by atoms with Crippen molar-refractivity contribution in [1.29, 1.82) is 0 Å². The minimum atomic E-state index is -0.0894. The molecule has 0 aromatic heterocycles. The van der Waals surface area contributed by atoms with Crippen molar-refractivity contribution in [1.82, 2.24) is 9.80 Å². The van der Waals surface area contributed by atoms with Gasteiger partial charge in [0.25, 0.3) is 0 Å². The molecular formula is C9H12N2O2. The van der Waals surface area contributed by atoms with Gasteiger partial charge in [-0.3, -0.25) is 9.69 Å². The van der Waals surface area contributed by atoms with E-state index in [-0.39, 0.29) is 18.0 Å². The molecule has 3 aliphatic rings. The summed E-state index contributed by atoms with van der Waals surface area (Å²) in [5, 5.41) is 0. The SMILES string of the molecule is CN1C(=O)C[C@@H]2[C@@H]3C[C@@H]3CN2C1=O. The van der Waals surface area contributed by atoms with Gasteiger partial charge in [0.05, 0.1) is 0 Å². The topological polar surface area (TPSA) is 40.6 Å². The van der Waals surface area contributed by atoms with Crippen molar-refractivity contribution in [2.24, 2.45) is 11.8 Å². The Labute approximate surface area is 76.5 Å². The molecule has 0 bridgehead atoms. The van der Waals surface area contributed by atoms with E-state index in [1.807, 2.05) is 4.90 Å². The molecule has 2 aliphatic heterocycles. The summed E-state index contributed by atoms with van der Waals surface area (Å²) in [6, 6.07) is 0.148. The van der Waals surface area contributed by atoms with Crippen LogP contribution in [0.25, 0.3) is 0 Å². The minimum absolute atomic E-state index is 0.0150. The van der Waals surface area contributed by atoms with E-state index >= 15 is 0 Å². The van der Waals surface area contributed by atoms with E-state index in [1.54, 1.807) is 7.05 Å². The number of carbonyl (C=O) groups excluding carboxylic acids is 2. The molecule has 0 N–H and O–H groups in total. The van der Waals surface area contributed by atoms with Crippen LogP contribution in [-0.4, -0.2) is 41.4 Å². The number of rotatable bonds is 0. The quantitative estimate of drug-likeness (QED) is 0.537. The number of imide groups is 1. The van der Waals surface area contributed by atoms with Crippen LogP contribution in [0.2, 0.25) is 0 Å². The Balaban J connectivity index is 1.90. The Bertz CT molecular complexity index is 302. The van der Waals surface area contributed by atoms with E-state index in [4.69, 9.17) is 0 Å². The second kappa shape index (κ2) is 2.05. The van der Waals surface area contributed by atoms with E-state index in [0.717, 1.165) is 6.54 Å². The lowest BCUT2D eigenvalue weighted by Gasteiger charge is -2.35. The highest BCUT2D eigenvalue weighted by Gasteiger charge is 2.57. The molecule has 4 heteroatoms. The summed E-state index contributed by atoms with van der Waals surface area (Å²) in [6.07, 6.45) is 1.77. The zero-order valence-corrected chi connectivity index (χ0v) is 7.56. The predicted molar refractivity (Wildman–Crippen MR) is 44.9 cm³/mol. The third-order valence-corrected chi connectivity index (χ3v) is 3.59. The summed E-state index contributed by atoms with van der Waals surface area (Å²) >= 11 is 0. The first-order valence-electron chi connectivity index (χ1n) is 4.75. The summed E-state index contributed by atoms with van der Waals surface area (Å²) in [6.45, 7) is 0.881. The van der Waals surface area contributed by atoms with Crippen LogP contribution in [0.3, 0.4) is 0 Å². The largest absolute Gasteiger partial charge is 0.326 e. The van der Waals surface area contributed by atoms with Gasteiger partial charge in [0.15, 0.2) is 0 Å². The maximum atomic E-state index is 11.6. The van der Waals surface area contributed by atoms with Gasteiger partial charge in [-0.2, -0.15) is 0 Å². The van der Waals surface area contributed by atoms with Gasteiger partial charge in [-0.25, -0.2) is 4.79 Å². The van der Waals surface area contributed by atoms with E-state index < -0.39 is 0 Å². The molecule has 3 amide bonds. The molecule has 0 radical (unpaired) electrons. The average molecular weight is 180 g/mol. The summed E-state index contributed by atoms with van der Waals surface area (Å²) in [5.74, 6) is 1.33.